The second-order valence-electron chi connectivity index (χ2n) is 11.4. The van der Waals surface area contributed by atoms with Crippen molar-refractivity contribution >= 4 is 11.8 Å². The molecule has 162 valence electrons. The number of hydrogen-bond acceptors (Lipinski definition) is 5. The highest BCUT2D eigenvalue weighted by atomic mass is 16.6. The minimum Gasteiger partial charge on any atom is -0.340 e. The van der Waals surface area contributed by atoms with Gasteiger partial charge in [0, 0.05) is 89.9 Å². The standard InChI is InChI=1S/C23H32N4O3/c1-12(28)24-3-7-26(8-4-24)22-18-14-11-15-17-16(14)20(22)21(17)23(30-22,19(15)18)27-9-5-25(6-10-27)13(2)29/h14-21H,3-11H2,1-2H3. The molecule has 0 N–H and O–H groups in total. The summed E-state index contributed by atoms with van der Waals surface area (Å²) in [5, 5.41) is 0. The van der Waals surface area contributed by atoms with Crippen LogP contribution in [-0.2, 0) is 14.3 Å². The van der Waals surface area contributed by atoms with Gasteiger partial charge in [0.2, 0.25) is 11.8 Å². The molecule has 0 radical (unpaired) electrons. The van der Waals surface area contributed by atoms with Crippen molar-refractivity contribution in [3.8, 4) is 0 Å². The van der Waals surface area contributed by atoms with Crippen molar-refractivity contribution in [2.45, 2.75) is 31.7 Å². The summed E-state index contributed by atoms with van der Waals surface area (Å²) in [4.78, 5) is 33.2. The zero-order valence-electron chi connectivity index (χ0n) is 18.0. The Morgan fingerprint density at radius 3 is 1.43 bits per heavy atom. The number of rotatable bonds is 2. The summed E-state index contributed by atoms with van der Waals surface area (Å²) in [6, 6.07) is 0. The van der Waals surface area contributed by atoms with Crippen molar-refractivity contribution in [2.24, 2.45) is 47.3 Å². The van der Waals surface area contributed by atoms with Gasteiger partial charge in [-0.25, -0.2) is 0 Å². The van der Waals surface area contributed by atoms with Crippen molar-refractivity contribution in [3.05, 3.63) is 0 Å². The molecule has 5 aliphatic carbocycles. The summed E-state index contributed by atoms with van der Waals surface area (Å²) in [6.45, 7) is 10.7. The molecule has 30 heavy (non-hydrogen) atoms. The average molecular weight is 413 g/mol. The Balaban J connectivity index is 1.15. The number of nitrogens with zero attached hydrogens (tertiary/aromatic N) is 4. The normalized spacial score (nSPS) is 57.1. The van der Waals surface area contributed by atoms with Crippen LogP contribution in [0, 0.1) is 47.3 Å². The van der Waals surface area contributed by atoms with Gasteiger partial charge in [-0.1, -0.05) is 0 Å². The minimum atomic E-state index is -0.0486. The zero-order valence-corrected chi connectivity index (χ0v) is 18.0. The van der Waals surface area contributed by atoms with Crippen molar-refractivity contribution in [1.29, 1.82) is 0 Å². The first kappa shape index (κ1) is 17.4. The largest absolute Gasteiger partial charge is 0.340 e. The van der Waals surface area contributed by atoms with E-state index in [2.05, 4.69) is 9.80 Å². The molecule has 9 rings (SSSR count). The third-order valence-corrected chi connectivity index (χ3v) is 11.2. The number of ether oxygens (including phenoxy) is 1. The fourth-order valence-corrected chi connectivity index (χ4v) is 10.7. The second kappa shape index (κ2) is 5.07. The van der Waals surface area contributed by atoms with Gasteiger partial charge >= 0.3 is 0 Å². The number of carbonyl (C=O) groups is 2. The second-order valence-corrected chi connectivity index (χ2v) is 11.4. The van der Waals surface area contributed by atoms with Crippen LogP contribution in [0.1, 0.15) is 20.3 Å². The van der Waals surface area contributed by atoms with Crippen LogP contribution in [0.5, 0.6) is 0 Å². The predicted octanol–water partition coefficient (Wildman–Crippen LogP) is 0.125. The van der Waals surface area contributed by atoms with Crippen LogP contribution in [0.4, 0.5) is 0 Å². The van der Waals surface area contributed by atoms with Crippen LogP contribution < -0.4 is 0 Å². The minimum absolute atomic E-state index is 0.0486. The smallest absolute Gasteiger partial charge is 0.219 e. The molecule has 5 saturated carbocycles. The maximum absolute atomic E-state index is 11.9. The Labute approximate surface area is 177 Å². The zero-order chi connectivity index (χ0) is 20.2. The molecule has 0 spiro atoms. The van der Waals surface area contributed by atoms with Crippen LogP contribution >= 0.6 is 0 Å². The van der Waals surface area contributed by atoms with E-state index in [9.17, 15) is 9.59 Å². The fourth-order valence-electron chi connectivity index (χ4n) is 10.7. The van der Waals surface area contributed by atoms with Crippen LogP contribution in [0.25, 0.3) is 0 Å². The lowest BCUT2D eigenvalue weighted by Crippen LogP contribution is -2.65. The number of piperazine rings is 2. The maximum atomic E-state index is 11.9. The molecule has 2 amide bonds. The third-order valence-electron chi connectivity index (χ3n) is 11.2. The van der Waals surface area contributed by atoms with E-state index in [1.54, 1.807) is 13.8 Å². The molecule has 4 aliphatic heterocycles. The van der Waals surface area contributed by atoms with Crippen LogP contribution in [0.2, 0.25) is 0 Å². The monoisotopic (exact) mass is 412 g/mol. The lowest BCUT2D eigenvalue weighted by molar-refractivity contribution is -0.217. The number of hydrogen-bond donors (Lipinski definition) is 0. The molecular formula is C23H32N4O3. The molecule has 0 aromatic heterocycles. The van der Waals surface area contributed by atoms with E-state index in [4.69, 9.17) is 4.74 Å². The molecule has 0 aromatic carbocycles. The molecule has 7 nitrogen and oxygen atoms in total. The van der Waals surface area contributed by atoms with Gasteiger partial charge in [0.15, 0.2) is 0 Å². The molecule has 9 aliphatic rings. The summed E-state index contributed by atoms with van der Waals surface area (Å²) in [5.74, 6) is 6.87. The summed E-state index contributed by atoms with van der Waals surface area (Å²) < 4.78 is 7.46. The van der Waals surface area contributed by atoms with Crippen molar-refractivity contribution < 1.29 is 14.3 Å². The first-order valence-electron chi connectivity index (χ1n) is 12.2. The summed E-state index contributed by atoms with van der Waals surface area (Å²) >= 11 is 0. The summed E-state index contributed by atoms with van der Waals surface area (Å²) in [6.07, 6.45) is 1.45. The first-order valence-corrected chi connectivity index (χ1v) is 12.2. The Bertz CT molecular complexity index is 793. The third kappa shape index (κ3) is 1.51. The van der Waals surface area contributed by atoms with Gasteiger partial charge in [0.05, 0.1) is 0 Å². The molecule has 9 fully saturated rings. The van der Waals surface area contributed by atoms with Gasteiger partial charge in [0.1, 0.15) is 11.4 Å². The van der Waals surface area contributed by atoms with Gasteiger partial charge < -0.3 is 14.5 Å². The van der Waals surface area contributed by atoms with Gasteiger partial charge in [-0.15, -0.1) is 0 Å². The first-order chi connectivity index (χ1) is 14.5. The number of amides is 2. The Morgan fingerprint density at radius 2 is 1.07 bits per heavy atom. The van der Waals surface area contributed by atoms with Gasteiger partial charge in [-0.3, -0.25) is 19.4 Å². The molecule has 10 unspecified atom stereocenters. The Kier molecular flexibility index (Phi) is 2.94. The molecule has 7 heteroatoms. The van der Waals surface area contributed by atoms with E-state index in [0.29, 0.717) is 11.8 Å². The summed E-state index contributed by atoms with van der Waals surface area (Å²) in [5.41, 5.74) is -0.0972. The lowest BCUT2D eigenvalue weighted by atomic mass is 9.57. The fraction of sp³-hybridized carbons (Fsp3) is 0.913. The molecule has 4 heterocycles. The van der Waals surface area contributed by atoms with E-state index in [0.717, 1.165) is 87.9 Å². The molecule has 10 atom stereocenters. The molecule has 4 saturated heterocycles. The molecule has 0 aromatic rings. The van der Waals surface area contributed by atoms with E-state index < -0.39 is 0 Å². The molecular weight excluding hydrogens is 380 g/mol. The molecule has 4 bridgehead atoms. The van der Waals surface area contributed by atoms with E-state index in [-0.39, 0.29) is 23.3 Å². The quantitative estimate of drug-likeness (QED) is 0.645. The SMILES string of the molecule is CC(=O)N1CCN(C23OC4(N5CCN(C(C)=O)CC5)C5C6CC(C7C6C4C72)C53)CC1. The van der Waals surface area contributed by atoms with Gasteiger partial charge in [-0.2, -0.15) is 0 Å². The van der Waals surface area contributed by atoms with Crippen LogP contribution in [0.3, 0.4) is 0 Å². The van der Waals surface area contributed by atoms with Crippen LogP contribution in [-0.4, -0.2) is 95.2 Å². The highest BCUT2D eigenvalue weighted by molar-refractivity contribution is 5.73. The topological polar surface area (TPSA) is 56.3 Å². The van der Waals surface area contributed by atoms with E-state index in [1.807, 2.05) is 9.80 Å². The highest BCUT2D eigenvalue weighted by Gasteiger charge is 2.98. The van der Waals surface area contributed by atoms with Crippen molar-refractivity contribution in [1.82, 2.24) is 19.6 Å². The van der Waals surface area contributed by atoms with Crippen molar-refractivity contribution in [2.75, 3.05) is 52.4 Å². The lowest BCUT2D eigenvalue weighted by Gasteiger charge is -2.53. The van der Waals surface area contributed by atoms with Crippen LogP contribution in [0.15, 0.2) is 0 Å². The Morgan fingerprint density at radius 1 is 0.667 bits per heavy atom. The highest BCUT2D eigenvalue weighted by Crippen LogP contribution is 2.93. The van der Waals surface area contributed by atoms with Crippen molar-refractivity contribution in [3.63, 3.8) is 0 Å². The average Bonchev–Trinajstić information content (AvgIpc) is 3.41. The maximum Gasteiger partial charge on any atom is 0.219 e. The van der Waals surface area contributed by atoms with Gasteiger partial charge in [0.25, 0.3) is 0 Å². The van der Waals surface area contributed by atoms with E-state index >= 15 is 0 Å². The van der Waals surface area contributed by atoms with E-state index in [1.165, 1.54) is 6.42 Å². The predicted molar refractivity (Wildman–Crippen MR) is 107 cm³/mol. The van der Waals surface area contributed by atoms with Gasteiger partial charge in [-0.05, 0) is 30.1 Å². The summed E-state index contributed by atoms with van der Waals surface area (Å²) in [7, 11) is 0. The number of carbonyl (C=O) groups excluding carboxylic acids is 2. The Hall–Kier alpha value is -1.18.